The number of imide groups is 1. The van der Waals surface area contributed by atoms with Crippen molar-refractivity contribution in [2.24, 2.45) is 0 Å². The van der Waals surface area contributed by atoms with Crippen LogP contribution in [-0.4, -0.2) is 46.2 Å². The highest BCUT2D eigenvalue weighted by atomic mass is 16.5. The Balaban J connectivity index is 1.24. The number of hydrogen-bond donors (Lipinski definition) is 1. The number of carbonyl (C=O) groups excluding carboxylic acids is 4. The largest absolute Gasteiger partial charge is 0.464 e. The Morgan fingerprint density at radius 1 is 0.925 bits per heavy atom. The molecule has 0 aliphatic carbocycles. The number of ether oxygens (including phenoxy) is 1. The smallest absolute Gasteiger partial charge is 0.329 e. The fourth-order valence-electron chi connectivity index (χ4n) is 5.58. The zero-order valence-corrected chi connectivity index (χ0v) is 21.7. The number of amides is 3. The van der Waals surface area contributed by atoms with E-state index in [9.17, 15) is 19.2 Å². The normalized spacial score (nSPS) is 19.1. The Bertz CT molecular complexity index is 1610. The molecule has 4 aromatic rings. The Morgan fingerprint density at radius 3 is 2.48 bits per heavy atom. The van der Waals surface area contributed by atoms with E-state index in [2.05, 4.69) is 10.3 Å². The molecule has 0 radical (unpaired) electrons. The monoisotopic (exact) mass is 533 g/mol. The molecular weight excluding hydrogens is 506 g/mol. The van der Waals surface area contributed by atoms with Gasteiger partial charge in [-0.3, -0.25) is 24.3 Å². The molecule has 3 amide bonds. The number of hydrogen-bond acceptors (Lipinski definition) is 6. The Kier molecular flexibility index (Phi) is 6.82. The zero-order chi connectivity index (χ0) is 27.6. The molecule has 2 atom stereocenters. The van der Waals surface area contributed by atoms with Gasteiger partial charge in [-0.05, 0) is 54.2 Å². The van der Waals surface area contributed by atoms with E-state index in [0.717, 1.165) is 26.9 Å². The van der Waals surface area contributed by atoms with E-state index in [1.54, 1.807) is 30.5 Å². The molecule has 2 bridgehead atoms. The Labute approximate surface area is 231 Å². The number of nitrogens with zero attached hydrogens (tertiary/aromatic N) is 2. The summed E-state index contributed by atoms with van der Waals surface area (Å²) in [4.78, 5) is 58.1. The summed E-state index contributed by atoms with van der Waals surface area (Å²) < 4.78 is 5.58. The Hall–Kier alpha value is -4.85. The number of pyridine rings is 1. The van der Waals surface area contributed by atoms with Crippen molar-refractivity contribution in [3.05, 3.63) is 107 Å². The van der Waals surface area contributed by atoms with Crippen molar-refractivity contribution in [3.8, 4) is 0 Å². The third kappa shape index (κ3) is 4.84. The van der Waals surface area contributed by atoms with Crippen LogP contribution in [0.2, 0.25) is 0 Å². The van der Waals surface area contributed by atoms with Gasteiger partial charge in [0.1, 0.15) is 6.04 Å². The quantitative estimate of drug-likeness (QED) is 0.296. The van der Waals surface area contributed by atoms with E-state index in [4.69, 9.17) is 4.74 Å². The predicted octanol–water partition coefficient (Wildman–Crippen LogP) is 4.89. The molecule has 1 N–H and O–H groups in total. The van der Waals surface area contributed by atoms with Gasteiger partial charge in [-0.25, -0.2) is 4.79 Å². The summed E-state index contributed by atoms with van der Waals surface area (Å²) in [6, 6.07) is 22.6. The van der Waals surface area contributed by atoms with Crippen molar-refractivity contribution in [2.45, 2.75) is 37.6 Å². The minimum atomic E-state index is -1.08. The molecule has 200 valence electrons. The number of anilines is 1. The molecule has 2 aliphatic rings. The second kappa shape index (κ2) is 10.7. The number of para-hydroxylation sites is 1. The van der Waals surface area contributed by atoms with E-state index in [0.29, 0.717) is 18.5 Å². The molecule has 6 rings (SSSR count). The first-order valence-corrected chi connectivity index (χ1v) is 13.4. The molecule has 0 saturated carbocycles. The van der Waals surface area contributed by atoms with E-state index in [1.165, 1.54) is 0 Å². The van der Waals surface area contributed by atoms with Crippen molar-refractivity contribution >= 4 is 40.3 Å². The molecule has 2 aliphatic heterocycles. The van der Waals surface area contributed by atoms with Gasteiger partial charge >= 0.3 is 5.97 Å². The van der Waals surface area contributed by atoms with Crippen LogP contribution in [0.3, 0.4) is 0 Å². The van der Waals surface area contributed by atoms with Gasteiger partial charge in [0.15, 0.2) is 0 Å². The van der Waals surface area contributed by atoms with Crippen molar-refractivity contribution in [2.75, 3.05) is 11.9 Å². The molecule has 3 aromatic carbocycles. The summed E-state index contributed by atoms with van der Waals surface area (Å²) in [5.41, 5.74) is 3.70. The number of benzene rings is 3. The van der Waals surface area contributed by atoms with Crippen LogP contribution in [0.25, 0.3) is 10.9 Å². The number of carbonyl (C=O) groups is 4. The van der Waals surface area contributed by atoms with Crippen molar-refractivity contribution in [3.63, 3.8) is 0 Å². The fraction of sp³-hybridized carbons (Fsp3) is 0.219. The molecule has 0 fully saturated rings. The molecule has 0 spiro atoms. The zero-order valence-electron chi connectivity index (χ0n) is 21.7. The van der Waals surface area contributed by atoms with Gasteiger partial charge in [0.25, 0.3) is 11.8 Å². The highest BCUT2D eigenvalue weighted by Crippen LogP contribution is 2.31. The first-order chi connectivity index (χ1) is 19.5. The average Bonchev–Trinajstić information content (AvgIpc) is 3.22. The van der Waals surface area contributed by atoms with E-state index in [-0.39, 0.29) is 42.4 Å². The summed E-state index contributed by atoms with van der Waals surface area (Å²) in [5.74, 6) is -1.85. The minimum absolute atomic E-state index is 0.113. The minimum Gasteiger partial charge on any atom is -0.464 e. The van der Waals surface area contributed by atoms with Crippen molar-refractivity contribution in [1.82, 2.24) is 9.88 Å². The summed E-state index contributed by atoms with van der Waals surface area (Å²) >= 11 is 0. The van der Waals surface area contributed by atoms with Crippen molar-refractivity contribution < 1.29 is 23.9 Å². The number of fused-ring (bicyclic) bond motifs is 4. The van der Waals surface area contributed by atoms with Gasteiger partial charge in [0.05, 0.1) is 28.9 Å². The maximum atomic E-state index is 13.2. The first kappa shape index (κ1) is 25.4. The van der Waals surface area contributed by atoms with Crippen LogP contribution in [0.15, 0.2) is 85.1 Å². The highest BCUT2D eigenvalue weighted by Gasteiger charge is 2.43. The molecule has 3 heterocycles. The van der Waals surface area contributed by atoms with Crippen LogP contribution in [0, 0.1) is 0 Å². The standard InChI is InChI=1S/C32H27N3O5/c36-28(34-26-14-4-8-21-10-5-15-33-29(21)26)19-23-11-6-16-40-32(39)27(18-20-7-3-9-22(23)17-20)35-30(37)24-12-1-2-13-25(24)31(35)38/h1-5,7-10,12-15,17,23,27H,6,11,16,18-19H2,(H,34,36)/t23?,27-/m0/s1. The third-order valence-corrected chi connectivity index (χ3v) is 7.54. The number of nitrogens with one attached hydrogen (secondary N) is 1. The average molecular weight is 534 g/mol. The fourth-order valence-corrected chi connectivity index (χ4v) is 5.58. The molecule has 8 nitrogen and oxygen atoms in total. The number of rotatable bonds is 4. The number of cyclic esters (lactones) is 1. The topological polar surface area (TPSA) is 106 Å². The maximum absolute atomic E-state index is 13.2. The van der Waals surface area contributed by atoms with Gasteiger partial charge in [-0.2, -0.15) is 0 Å². The molecule has 1 unspecified atom stereocenters. The molecule has 1 aromatic heterocycles. The van der Waals surface area contributed by atoms with Gasteiger partial charge < -0.3 is 10.1 Å². The van der Waals surface area contributed by atoms with Crippen molar-refractivity contribution in [1.29, 1.82) is 0 Å². The predicted molar refractivity (Wildman–Crippen MR) is 149 cm³/mol. The summed E-state index contributed by atoms with van der Waals surface area (Å²) in [6.45, 7) is 0.125. The van der Waals surface area contributed by atoms with Gasteiger partial charge in [-0.1, -0.05) is 54.6 Å². The Morgan fingerprint density at radius 2 is 1.68 bits per heavy atom. The number of esters is 1. The van der Waals surface area contributed by atoms with Gasteiger partial charge in [-0.15, -0.1) is 0 Å². The SMILES string of the molecule is O=C(CC1CCCOC(=O)[C@@H](N2C(=O)c3ccccc3C2=O)Cc2cccc1c2)Nc1cccc2cccnc12. The van der Waals surface area contributed by atoms with Crippen LogP contribution in [-0.2, 0) is 20.7 Å². The third-order valence-electron chi connectivity index (χ3n) is 7.54. The molecular formula is C32H27N3O5. The second-order valence-corrected chi connectivity index (χ2v) is 10.1. The van der Waals surface area contributed by atoms with Crippen LogP contribution in [0.4, 0.5) is 5.69 Å². The second-order valence-electron chi connectivity index (χ2n) is 10.1. The lowest BCUT2D eigenvalue weighted by molar-refractivity contribution is -0.148. The van der Waals surface area contributed by atoms with Crippen LogP contribution < -0.4 is 5.32 Å². The van der Waals surface area contributed by atoms with E-state index in [1.807, 2.05) is 54.6 Å². The molecule has 40 heavy (non-hydrogen) atoms. The molecule has 0 saturated heterocycles. The number of aromatic nitrogens is 1. The van der Waals surface area contributed by atoms with Crippen LogP contribution in [0.5, 0.6) is 0 Å². The van der Waals surface area contributed by atoms with Crippen LogP contribution >= 0.6 is 0 Å². The molecule has 8 heteroatoms. The van der Waals surface area contributed by atoms with Crippen LogP contribution in [0.1, 0.15) is 57.0 Å². The van der Waals surface area contributed by atoms with E-state index >= 15 is 0 Å². The maximum Gasteiger partial charge on any atom is 0.329 e. The summed E-state index contributed by atoms with van der Waals surface area (Å²) in [7, 11) is 0. The highest BCUT2D eigenvalue weighted by molar-refractivity contribution is 6.22. The first-order valence-electron chi connectivity index (χ1n) is 13.4. The van der Waals surface area contributed by atoms with Gasteiger partial charge in [0.2, 0.25) is 5.91 Å². The summed E-state index contributed by atoms with van der Waals surface area (Å²) in [5, 5.41) is 3.96. The lowest BCUT2D eigenvalue weighted by Crippen LogP contribution is -2.47. The lowest BCUT2D eigenvalue weighted by atomic mass is 9.89. The summed E-state index contributed by atoms with van der Waals surface area (Å²) in [6.07, 6.45) is 3.21. The lowest BCUT2D eigenvalue weighted by Gasteiger charge is -2.24. The van der Waals surface area contributed by atoms with E-state index < -0.39 is 23.8 Å². The van der Waals surface area contributed by atoms with Gasteiger partial charge in [0, 0.05) is 24.4 Å².